The molecule has 19 heavy (non-hydrogen) atoms. The van der Waals surface area contributed by atoms with Gasteiger partial charge in [0.05, 0.1) is 6.20 Å². The first-order valence-electron chi connectivity index (χ1n) is 5.98. The van der Waals surface area contributed by atoms with E-state index in [9.17, 15) is 4.79 Å². The van der Waals surface area contributed by atoms with Crippen molar-refractivity contribution in [3.05, 3.63) is 36.7 Å². The van der Waals surface area contributed by atoms with Gasteiger partial charge in [-0.25, -0.2) is 0 Å². The summed E-state index contributed by atoms with van der Waals surface area (Å²) in [6, 6.07) is 7.62. The van der Waals surface area contributed by atoms with Crippen LogP contribution in [-0.2, 0) is 11.8 Å². The number of likely N-dealkylation sites (N-methyl/N-ethyl adjacent to an activating group) is 1. The van der Waals surface area contributed by atoms with Gasteiger partial charge in [-0.2, -0.15) is 5.10 Å². The summed E-state index contributed by atoms with van der Waals surface area (Å²) in [5, 5.41) is 4.14. The van der Waals surface area contributed by atoms with Gasteiger partial charge in [0.15, 0.2) is 6.61 Å². The van der Waals surface area contributed by atoms with Gasteiger partial charge in [0, 0.05) is 32.9 Å². The molecule has 0 saturated carbocycles. The monoisotopic (exact) mass is 259 g/mol. The second-order valence-corrected chi connectivity index (χ2v) is 4.51. The van der Waals surface area contributed by atoms with Crippen LogP contribution in [-0.4, -0.2) is 41.3 Å². The maximum atomic E-state index is 11.5. The first kappa shape index (κ1) is 13.1. The number of benzene rings is 1. The summed E-state index contributed by atoms with van der Waals surface area (Å²) in [6.07, 6.45) is 3.73. The lowest BCUT2D eigenvalue weighted by Crippen LogP contribution is -2.27. The number of aryl methyl sites for hydroxylation is 1. The van der Waals surface area contributed by atoms with Crippen LogP contribution in [0.4, 0.5) is 0 Å². The van der Waals surface area contributed by atoms with Crippen LogP contribution >= 0.6 is 0 Å². The number of hydrogen-bond acceptors (Lipinski definition) is 3. The Morgan fingerprint density at radius 3 is 2.79 bits per heavy atom. The molecule has 1 amide bonds. The van der Waals surface area contributed by atoms with Crippen LogP contribution in [0.2, 0.25) is 0 Å². The molecule has 0 radical (unpaired) electrons. The molecule has 0 N–H and O–H groups in total. The largest absolute Gasteiger partial charge is 0.484 e. The van der Waals surface area contributed by atoms with Crippen LogP contribution in [0.15, 0.2) is 36.7 Å². The van der Waals surface area contributed by atoms with Crippen LogP contribution in [0, 0.1) is 0 Å². The minimum atomic E-state index is -0.0632. The maximum Gasteiger partial charge on any atom is 0.259 e. The smallest absolute Gasteiger partial charge is 0.259 e. The summed E-state index contributed by atoms with van der Waals surface area (Å²) in [4.78, 5) is 13.0. The van der Waals surface area contributed by atoms with E-state index in [1.807, 2.05) is 37.5 Å². The predicted octanol–water partition coefficient (Wildman–Crippen LogP) is 1.55. The highest BCUT2D eigenvalue weighted by molar-refractivity contribution is 5.77. The van der Waals surface area contributed by atoms with Gasteiger partial charge < -0.3 is 9.64 Å². The van der Waals surface area contributed by atoms with Gasteiger partial charge in [0.25, 0.3) is 5.91 Å². The topological polar surface area (TPSA) is 47.4 Å². The summed E-state index contributed by atoms with van der Waals surface area (Å²) < 4.78 is 7.23. The maximum absolute atomic E-state index is 11.5. The van der Waals surface area contributed by atoms with Crippen LogP contribution in [0.25, 0.3) is 11.1 Å². The summed E-state index contributed by atoms with van der Waals surface area (Å²) in [6.45, 7) is 0.0451. The zero-order valence-electron chi connectivity index (χ0n) is 11.3. The second kappa shape index (κ2) is 5.56. The molecule has 1 aromatic heterocycles. The number of carbonyl (C=O) groups is 1. The zero-order chi connectivity index (χ0) is 13.8. The third kappa shape index (κ3) is 3.34. The Bertz CT molecular complexity index is 576. The van der Waals surface area contributed by atoms with Crippen molar-refractivity contribution in [2.45, 2.75) is 0 Å². The molecule has 5 nitrogen and oxygen atoms in total. The Hall–Kier alpha value is -2.30. The van der Waals surface area contributed by atoms with Crippen LogP contribution in [0.3, 0.4) is 0 Å². The fraction of sp³-hybridized carbons (Fsp3) is 0.286. The predicted molar refractivity (Wildman–Crippen MR) is 72.8 cm³/mol. The molecule has 0 spiro atoms. The van der Waals surface area contributed by atoms with E-state index >= 15 is 0 Å². The third-order valence-electron chi connectivity index (χ3n) is 2.73. The molecule has 1 aromatic carbocycles. The lowest BCUT2D eigenvalue weighted by Gasteiger charge is -2.11. The zero-order valence-corrected chi connectivity index (χ0v) is 11.3. The molecular weight excluding hydrogens is 242 g/mol. The molecule has 0 aliphatic heterocycles. The van der Waals surface area contributed by atoms with Crippen molar-refractivity contribution in [2.24, 2.45) is 7.05 Å². The van der Waals surface area contributed by atoms with E-state index in [1.165, 1.54) is 4.90 Å². The Morgan fingerprint density at radius 1 is 1.37 bits per heavy atom. The van der Waals surface area contributed by atoms with E-state index in [-0.39, 0.29) is 12.5 Å². The molecule has 0 saturated heterocycles. The molecule has 2 rings (SSSR count). The Morgan fingerprint density at radius 2 is 2.16 bits per heavy atom. The van der Waals surface area contributed by atoms with E-state index in [2.05, 4.69) is 5.10 Å². The Balaban J connectivity index is 2.09. The van der Waals surface area contributed by atoms with E-state index < -0.39 is 0 Å². The first-order chi connectivity index (χ1) is 9.06. The highest BCUT2D eigenvalue weighted by atomic mass is 16.5. The highest BCUT2D eigenvalue weighted by Crippen LogP contribution is 2.23. The van der Waals surface area contributed by atoms with Crippen LogP contribution < -0.4 is 4.74 Å². The molecular formula is C14H17N3O2. The molecule has 2 aromatic rings. The average Bonchev–Trinajstić information content (AvgIpc) is 2.83. The lowest BCUT2D eigenvalue weighted by atomic mass is 10.1. The van der Waals surface area contributed by atoms with E-state index in [0.29, 0.717) is 5.75 Å². The van der Waals surface area contributed by atoms with Crippen LogP contribution in [0.5, 0.6) is 5.75 Å². The van der Waals surface area contributed by atoms with Crippen molar-refractivity contribution in [3.8, 4) is 16.9 Å². The van der Waals surface area contributed by atoms with E-state index in [1.54, 1.807) is 25.0 Å². The first-order valence-corrected chi connectivity index (χ1v) is 5.98. The van der Waals surface area contributed by atoms with Gasteiger partial charge in [-0.1, -0.05) is 12.1 Å². The lowest BCUT2D eigenvalue weighted by molar-refractivity contribution is -0.130. The number of rotatable bonds is 4. The molecule has 0 aliphatic carbocycles. The van der Waals surface area contributed by atoms with Crippen molar-refractivity contribution >= 4 is 5.91 Å². The molecule has 0 unspecified atom stereocenters. The van der Waals surface area contributed by atoms with Gasteiger partial charge in [-0.15, -0.1) is 0 Å². The van der Waals surface area contributed by atoms with Crippen LogP contribution in [0.1, 0.15) is 0 Å². The normalized spacial score (nSPS) is 10.3. The number of amides is 1. The Kier molecular flexibility index (Phi) is 3.85. The summed E-state index contributed by atoms with van der Waals surface area (Å²) in [5.74, 6) is 0.614. The standard InChI is InChI=1S/C14H17N3O2/c1-16(2)14(18)10-19-13-6-4-5-11(7-13)12-8-15-17(3)9-12/h4-9H,10H2,1-3H3. The number of ether oxygens (including phenoxy) is 1. The summed E-state index contributed by atoms with van der Waals surface area (Å²) in [7, 11) is 5.29. The molecule has 0 aliphatic rings. The average molecular weight is 259 g/mol. The third-order valence-corrected chi connectivity index (χ3v) is 2.73. The van der Waals surface area contributed by atoms with Gasteiger partial charge in [0.2, 0.25) is 0 Å². The molecule has 100 valence electrons. The van der Waals surface area contributed by atoms with Gasteiger partial charge in [-0.3, -0.25) is 9.48 Å². The van der Waals surface area contributed by atoms with Gasteiger partial charge in [0.1, 0.15) is 5.75 Å². The summed E-state index contributed by atoms with van der Waals surface area (Å²) in [5.41, 5.74) is 2.04. The highest BCUT2D eigenvalue weighted by Gasteiger charge is 2.06. The number of nitrogens with zero attached hydrogens (tertiary/aromatic N) is 3. The SMILES string of the molecule is CN(C)C(=O)COc1cccc(-c2cnn(C)c2)c1. The van der Waals surface area contributed by atoms with E-state index in [4.69, 9.17) is 4.74 Å². The van der Waals surface area contributed by atoms with Gasteiger partial charge >= 0.3 is 0 Å². The van der Waals surface area contributed by atoms with Crippen molar-refractivity contribution in [1.82, 2.24) is 14.7 Å². The number of carbonyl (C=O) groups excluding carboxylic acids is 1. The van der Waals surface area contributed by atoms with E-state index in [0.717, 1.165) is 11.1 Å². The fourth-order valence-electron chi connectivity index (χ4n) is 1.61. The second-order valence-electron chi connectivity index (χ2n) is 4.51. The summed E-state index contributed by atoms with van der Waals surface area (Å²) >= 11 is 0. The number of aromatic nitrogens is 2. The van der Waals surface area contributed by atoms with Crippen molar-refractivity contribution < 1.29 is 9.53 Å². The molecule has 1 heterocycles. The fourth-order valence-corrected chi connectivity index (χ4v) is 1.61. The van der Waals surface area contributed by atoms with Crippen molar-refractivity contribution in [3.63, 3.8) is 0 Å². The van der Waals surface area contributed by atoms with Gasteiger partial charge in [-0.05, 0) is 17.7 Å². The molecule has 0 bridgehead atoms. The Labute approximate surface area is 112 Å². The quantitative estimate of drug-likeness (QED) is 0.837. The van der Waals surface area contributed by atoms with Crippen molar-refractivity contribution in [2.75, 3.05) is 20.7 Å². The molecule has 0 atom stereocenters. The molecule has 5 heteroatoms. The minimum absolute atomic E-state index is 0.0451. The minimum Gasteiger partial charge on any atom is -0.484 e. The van der Waals surface area contributed by atoms with Crippen molar-refractivity contribution in [1.29, 1.82) is 0 Å². The molecule has 0 fully saturated rings. The number of hydrogen-bond donors (Lipinski definition) is 0.